The number of carbonyl (C=O) groups is 1. The monoisotopic (exact) mass is 338 g/mol. The molecule has 1 heterocycles. The molecule has 1 aromatic rings. The molecule has 2 rings (SSSR count). The number of rotatable bonds is 6. The first-order valence-electron chi connectivity index (χ1n) is 8.05. The molecule has 0 unspecified atom stereocenters. The number of methoxy groups -OCH3 is 3. The number of benzene rings is 1. The van der Waals surface area contributed by atoms with Crippen molar-refractivity contribution in [2.24, 2.45) is 0 Å². The Balaban J connectivity index is 2.01. The number of carbonyl (C=O) groups excluding carboxylic acids is 1. The van der Waals surface area contributed by atoms with Crippen molar-refractivity contribution in [1.82, 2.24) is 9.80 Å². The molecule has 1 aliphatic heterocycles. The summed E-state index contributed by atoms with van der Waals surface area (Å²) in [5.41, 5.74) is 1.08. The summed E-state index contributed by atoms with van der Waals surface area (Å²) in [4.78, 5) is 15.8. The molecule has 0 saturated carbocycles. The minimum atomic E-state index is -0.232. The van der Waals surface area contributed by atoms with Gasteiger partial charge in [-0.1, -0.05) is 0 Å². The Morgan fingerprint density at radius 3 is 2.04 bits per heavy atom. The molecule has 1 saturated heterocycles. The molecule has 1 aliphatic rings. The molecule has 134 valence electrons. The van der Waals surface area contributed by atoms with Gasteiger partial charge in [0, 0.05) is 32.7 Å². The summed E-state index contributed by atoms with van der Waals surface area (Å²) in [5, 5.41) is 0. The third-order valence-electron chi connectivity index (χ3n) is 4.03. The fraction of sp³-hybridized carbons (Fsp3) is 0.588. The molecule has 1 aromatic carbocycles. The smallest absolute Gasteiger partial charge is 0.409 e. The van der Waals surface area contributed by atoms with E-state index in [2.05, 4.69) is 4.90 Å². The summed E-state index contributed by atoms with van der Waals surface area (Å²) in [6, 6.07) is 3.91. The van der Waals surface area contributed by atoms with E-state index in [1.807, 2.05) is 19.1 Å². The maximum absolute atomic E-state index is 11.7. The quantitative estimate of drug-likeness (QED) is 0.790. The lowest BCUT2D eigenvalue weighted by Gasteiger charge is -2.34. The van der Waals surface area contributed by atoms with Crippen LogP contribution in [0.25, 0.3) is 0 Å². The lowest BCUT2D eigenvalue weighted by molar-refractivity contribution is 0.0778. The normalized spacial score (nSPS) is 15.1. The summed E-state index contributed by atoms with van der Waals surface area (Å²) in [6.07, 6.45) is -0.232. The zero-order valence-electron chi connectivity index (χ0n) is 14.8. The maximum Gasteiger partial charge on any atom is 0.409 e. The number of hydrogen-bond acceptors (Lipinski definition) is 6. The third-order valence-corrected chi connectivity index (χ3v) is 4.03. The second-order valence-electron chi connectivity index (χ2n) is 5.50. The Bertz CT molecular complexity index is 531. The van der Waals surface area contributed by atoms with E-state index in [0.717, 1.165) is 25.2 Å². The SMILES string of the molecule is CCOC(=O)N1CCN(Cc2cc(OC)c(OC)c(OC)c2)CC1. The second-order valence-corrected chi connectivity index (χ2v) is 5.50. The van der Waals surface area contributed by atoms with Gasteiger partial charge in [0.25, 0.3) is 0 Å². The van der Waals surface area contributed by atoms with Crippen LogP contribution in [0.5, 0.6) is 17.2 Å². The molecular formula is C17H26N2O5. The van der Waals surface area contributed by atoms with E-state index in [9.17, 15) is 4.79 Å². The highest BCUT2D eigenvalue weighted by molar-refractivity contribution is 5.67. The minimum Gasteiger partial charge on any atom is -0.493 e. The largest absolute Gasteiger partial charge is 0.493 e. The van der Waals surface area contributed by atoms with Gasteiger partial charge in [-0.2, -0.15) is 0 Å². The first kappa shape index (κ1) is 18.2. The summed E-state index contributed by atoms with van der Waals surface area (Å²) in [6.45, 7) is 5.92. The van der Waals surface area contributed by atoms with E-state index in [-0.39, 0.29) is 6.09 Å². The number of amides is 1. The van der Waals surface area contributed by atoms with Crippen LogP contribution < -0.4 is 14.2 Å². The van der Waals surface area contributed by atoms with Gasteiger partial charge in [-0.05, 0) is 24.6 Å². The van der Waals surface area contributed by atoms with Gasteiger partial charge in [0.1, 0.15) is 0 Å². The Labute approximate surface area is 143 Å². The van der Waals surface area contributed by atoms with Gasteiger partial charge in [0.15, 0.2) is 11.5 Å². The predicted octanol–water partition coefficient (Wildman–Crippen LogP) is 1.99. The van der Waals surface area contributed by atoms with Gasteiger partial charge < -0.3 is 23.8 Å². The third kappa shape index (κ3) is 4.23. The number of ether oxygens (including phenoxy) is 4. The van der Waals surface area contributed by atoms with E-state index >= 15 is 0 Å². The molecule has 0 radical (unpaired) electrons. The van der Waals surface area contributed by atoms with Crippen molar-refractivity contribution in [3.63, 3.8) is 0 Å². The molecule has 0 N–H and O–H groups in total. The van der Waals surface area contributed by atoms with Gasteiger partial charge in [-0.15, -0.1) is 0 Å². The van der Waals surface area contributed by atoms with Crippen molar-refractivity contribution < 1.29 is 23.7 Å². The maximum atomic E-state index is 11.7. The van der Waals surface area contributed by atoms with Crippen molar-refractivity contribution in [3.05, 3.63) is 17.7 Å². The van der Waals surface area contributed by atoms with Crippen LogP contribution in [0.1, 0.15) is 12.5 Å². The second kappa shape index (κ2) is 8.63. The fourth-order valence-electron chi connectivity index (χ4n) is 2.79. The highest BCUT2D eigenvalue weighted by Gasteiger charge is 2.22. The number of hydrogen-bond donors (Lipinski definition) is 0. The van der Waals surface area contributed by atoms with Crippen LogP contribution >= 0.6 is 0 Å². The molecule has 0 aromatic heterocycles. The van der Waals surface area contributed by atoms with E-state index in [1.54, 1.807) is 26.2 Å². The van der Waals surface area contributed by atoms with Crippen molar-refractivity contribution in [2.75, 3.05) is 54.1 Å². The van der Waals surface area contributed by atoms with Gasteiger partial charge in [0.05, 0.1) is 27.9 Å². The van der Waals surface area contributed by atoms with E-state index in [1.165, 1.54) is 0 Å². The predicted molar refractivity (Wildman–Crippen MR) is 90.0 cm³/mol. The summed E-state index contributed by atoms with van der Waals surface area (Å²) in [5.74, 6) is 1.89. The van der Waals surface area contributed by atoms with Crippen LogP contribution in [0.3, 0.4) is 0 Å². The first-order valence-corrected chi connectivity index (χ1v) is 8.05. The van der Waals surface area contributed by atoms with Crippen molar-refractivity contribution in [1.29, 1.82) is 0 Å². The summed E-state index contributed by atoms with van der Waals surface area (Å²) >= 11 is 0. The molecule has 1 amide bonds. The minimum absolute atomic E-state index is 0.232. The highest BCUT2D eigenvalue weighted by atomic mass is 16.6. The van der Waals surface area contributed by atoms with Crippen LogP contribution in [0.2, 0.25) is 0 Å². The molecule has 7 nitrogen and oxygen atoms in total. The van der Waals surface area contributed by atoms with Crippen molar-refractivity contribution in [3.8, 4) is 17.2 Å². The average molecular weight is 338 g/mol. The average Bonchev–Trinajstić information content (AvgIpc) is 2.61. The molecule has 0 aliphatic carbocycles. The lowest BCUT2D eigenvalue weighted by atomic mass is 10.1. The number of nitrogens with zero attached hydrogens (tertiary/aromatic N) is 2. The zero-order valence-corrected chi connectivity index (χ0v) is 14.8. The summed E-state index contributed by atoms with van der Waals surface area (Å²) in [7, 11) is 4.81. The van der Waals surface area contributed by atoms with Crippen molar-refractivity contribution in [2.45, 2.75) is 13.5 Å². The van der Waals surface area contributed by atoms with Gasteiger partial charge in [-0.25, -0.2) is 4.79 Å². The zero-order chi connectivity index (χ0) is 17.5. The van der Waals surface area contributed by atoms with Crippen LogP contribution in [0.15, 0.2) is 12.1 Å². The van der Waals surface area contributed by atoms with E-state index in [0.29, 0.717) is 36.9 Å². The Morgan fingerprint density at radius 2 is 1.58 bits per heavy atom. The molecule has 0 spiro atoms. The Hall–Kier alpha value is -2.15. The van der Waals surface area contributed by atoms with Gasteiger partial charge in [0.2, 0.25) is 5.75 Å². The topological polar surface area (TPSA) is 60.5 Å². The number of piperazine rings is 1. The van der Waals surface area contributed by atoms with E-state index < -0.39 is 0 Å². The van der Waals surface area contributed by atoms with Gasteiger partial charge >= 0.3 is 6.09 Å². The molecule has 0 atom stereocenters. The van der Waals surface area contributed by atoms with E-state index in [4.69, 9.17) is 18.9 Å². The molecule has 0 bridgehead atoms. The van der Waals surface area contributed by atoms with Crippen LogP contribution in [0.4, 0.5) is 4.79 Å². The van der Waals surface area contributed by atoms with Crippen molar-refractivity contribution >= 4 is 6.09 Å². The Morgan fingerprint density at radius 1 is 1.00 bits per heavy atom. The van der Waals surface area contributed by atoms with Crippen LogP contribution in [0, 0.1) is 0 Å². The molecule has 1 fully saturated rings. The summed E-state index contributed by atoms with van der Waals surface area (Å²) < 4.78 is 21.2. The van der Waals surface area contributed by atoms with Gasteiger partial charge in [-0.3, -0.25) is 4.90 Å². The Kier molecular flexibility index (Phi) is 6.54. The highest BCUT2D eigenvalue weighted by Crippen LogP contribution is 2.38. The van der Waals surface area contributed by atoms with Crippen LogP contribution in [-0.4, -0.2) is 70.0 Å². The molecule has 7 heteroatoms. The lowest BCUT2D eigenvalue weighted by Crippen LogP contribution is -2.48. The first-order chi connectivity index (χ1) is 11.6. The fourth-order valence-corrected chi connectivity index (χ4v) is 2.79. The van der Waals surface area contributed by atoms with Crippen LogP contribution in [-0.2, 0) is 11.3 Å². The molecule has 24 heavy (non-hydrogen) atoms. The molecular weight excluding hydrogens is 312 g/mol. The standard InChI is InChI=1S/C17H26N2O5/c1-5-24-17(20)19-8-6-18(7-9-19)12-13-10-14(21-2)16(23-4)15(11-13)22-3/h10-11H,5-9,12H2,1-4H3.